The van der Waals surface area contributed by atoms with Gasteiger partial charge in [0.1, 0.15) is 0 Å². The molecule has 19 heavy (non-hydrogen) atoms. The minimum atomic E-state index is -0.296. The van der Waals surface area contributed by atoms with E-state index in [0.717, 1.165) is 5.56 Å². The zero-order chi connectivity index (χ0) is 13.7. The normalized spacial score (nSPS) is 12.1. The first kappa shape index (κ1) is 13.3. The molecule has 0 aliphatic heterocycles. The van der Waals surface area contributed by atoms with Crippen LogP contribution in [0.1, 0.15) is 15.9 Å². The molecule has 2 rings (SSSR count). The van der Waals surface area contributed by atoms with Crippen LogP contribution in [0.3, 0.4) is 0 Å². The highest BCUT2D eigenvalue weighted by Gasteiger charge is 2.14. The maximum Gasteiger partial charge on any atom is 0.254 e. The van der Waals surface area contributed by atoms with E-state index in [1.165, 1.54) is 6.20 Å². The van der Waals surface area contributed by atoms with Gasteiger partial charge in [0, 0.05) is 13.2 Å². The molecule has 2 aromatic rings. The summed E-state index contributed by atoms with van der Waals surface area (Å²) in [6.07, 6.45) is 3.75. The van der Waals surface area contributed by atoms with Gasteiger partial charge in [-0.2, -0.15) is 5.10 Å². The molecule has 0 fully saturated rings. The molecule has 1 amide bonds. The molecular formula is C14H17N3O2. The second-order valence-electron chi connectivity index (χ2n) is 4.45. The van der Waals surface area contributed by atoms with Crippen LogP contribution in [0.2, 0.25) is 0 Å². The Morgan fingerprint density at radius 3 is 2.74 bits per heavy atom. The van der Waals surface area contributed by atoms with E-state index in [1.807, 2.05) is 30.3 Å². The van der Waals surface area contributed by atoms with E-state index in [1.54, 1.807) is 17.9 Å². The second kappa shape index (κ2) is 6.15. The summed E-state index contributed by atoms with van der Waals surface area (Å²) in [6, 6.07) is 9.46. The number of amides is 1. The minimum absolute atomic E-state index is 0.0963. The van der Waals surface area contributed by atoms with Crippen molar-refractivity contribution in [1.29, 1.82) is 0 Å². The molecule has 1 heterocycles. The number of hydrogen-bond donors (Lipinski definition) is 2. The lowest BCUT2D eigenvalue weighted by atomic mass is 10.1. The molecule has 0 radical (unpaired) electrons. The van der Waals surface area contributed by atoms with Crippen LogP contribution in [-0.2, 0) is 13.5 Å². The van der Waals surface area contributed by atoms with Crippen molar-refractivity contribution in [3.8, 4) is 0 Å². The van der Waals surface area contributed by atoms with Crippen LogP contribution in [-0.4, -0.2) is 33.4 Å². The lowest BCUT2D eigenvalue weighted by Gasteiger charge is -2.15. The Kier molecular flexibility index (Phi) is 4.30. The van der Waals surface area contributed by atoms with Crippen LogP contribution in [0, 0.1) is 0 Å². The molecule has 1 atom stereocenters. The van der Waals surface area contributed by atoms with Crippen molar-refractivity contribution >= 4 is 5.91 Å². The van der Waals surface area contributed by atoms with E-state index >= 15 is 0 Å². The summed E-state index contributed by atoms with van der Waals surface area (Å²) in [6.45, 7) is -0.0963. The Balaban J connectivity index is 1.97. The van der Waals surface area contributed by atoms with Crippen LogP contribution in [0.25, 0.3) is 0 Å². The van der Waals surface area contributed by atoms with E-state index in [0.29, 0.717) is 12.0 Å². The number of rotatable bonds is 5. The van der Waals surface area contributed by atoms with Crippen molar-refractivity contribution < 1.29 is 9.90 Å². The van der Waals surface area contributed by atoms with Crippen LogP contribution in [0.4, 0.5) is 0 Å². The molecule has 0 saturated carbocycles. The number of aromatic nitrogens is 2. The number of aryl methyl sites for hydroxylation is 1. The third-order valence-corrected chi connectivity index (χ3v) is 2.85. The Labute approximate surface area is 111 Å². The van der Waals surface area contributed by atoms with Crippen LogP contribution < -0.4 is 5.32 Å². The summed E-state index contributed by atoms with van der Waals surface area (Å²) in [5.41, 5.74) is 1.57. The highest BCUT2D eigenvalue weighted by atomic mass is 16.3. The molecule has 0 bridgehead atoms. The smallest absolute Gasteiger partial charge is 0.254 e. The van der Waals surface area contributed by atoms with Gasteiger partial charge in [-0.1, -0.05) is 30.3 Å². The molecule has 2 N–H and O–H groups in total. The summed E-state index contributed by atoms with van der Waals surface area (Å²) >= 11 is 0. The molecule has 0 aliphatic carbocycles. The summed E-state index contributed by atoms with van der Waals surface area (Å²) in [5.74, 6) is -0.219. The zero-order valence-corrected chi connectivity index (χ0v) is 10.8. The molecule has 5 heteroatoms. The van der Waals surface area contributed by atoms with Crippen molar-refractivity contribution in [2.75, 3.05) is 6.61 Å². The van der Waals surface area contributed by atoms with E-state index < -0.39 is 0 Å². The molecule has 0 saturated heterocycles. The lowest BCUT2D eigenvalue weighted by Crippen LogP contribution is -2.39. The molecule has 1 aromatic heterocycles. The molecular weight excluding hydrogens is 242 g/mol. The van der Waals surface area contributed by atoms with Gasteiger partial charge in [-0.3, -0.25) is 9.48 Å². The Morgan fingerprint density at radius 1 is 1.42 bits per heavy atom. The first-order valence-corrected chi connectivity index (χ1v) is 6.13. The number of benzene rings is 1. The third kappa shape index (κ3) is 3.66. The number of aliphatic hydroxyl groups is 1. The van der Waals surface area contributed by atoms with Crippen LogP contribution in [0.5, 0.6) is 0 Å². The van der Waals surface area contributed by atoms with Gasteiger partial charge in [0.05, 0.1) is 24.4 Å². The van der Waals surface area contributed by atoms with Crippen LogP contribution in [0.15, 0.2) is 42.7 Å². The lowest BCUT2D eigenvalue weighted by molar-refractivity contribution is 0.0916. The molecule has 0 unspecified atom stereocenters. The third-order valence-electron chi connectivity index (χ3n) is 2.85. The number of hydrogen-bond acceptors (Lipinski definition) is 3. The summed E-state index contributed by atoms with van der Waals surface area (Å²) in [4.78, 5) is 11.9. The number of nitrogens with one attached hydrogen (secondary N) is 1. The maximum absolute atomic E-state index is 11.9. The van der Waals surface area contributed by atoms with E-state index in [-0.39, 0.29) is 18.6 Å². The molecule has 0 spiro atoms. The Hall–Kier alpha value is -2.14. The molecule has 100 valence electrons. The topological polar surface area (TPSA) is 67.2 Å². The SMILES string of the molecule is Cn1cc(C(=O)N[C@H](CO)Cc2ccccc2)cn1. The highest BCUT2D eigenvalue weighted by molar-refractivity contribution is 5.93. The van der Waals surface area contributed by atoms with Crippen molar-refractivity contribution in [1.82, 2.24) is 15.1 Å². The van der Waals surface area contributed by atoms with Crippen molar-refractivity contribution in [2.45, 2.75) is 12.5 Å². The predicted molar refractivity (Wildman–Crippen MR) is 71.7 cm³/mol. The zero-order valence-electron chi connectivity index (χ0n) is 10.8. The van der Waals surface area contributed by atoms with Gasteiger partial charge < -0.3 is 10.4 Å². The molecule has 1 aromatic carbocycles. The summed E-state index contributed by atoms with van der Waals surface area (Å²) in [7, 11) is 1.75. The maximum atomic E-state index is 11.9. The van der Waals surface area contributed by atoms with E-state index in [2.05, 4.69) is 10.4 Å². The number of carbonyl (C=O) groups excluding carboxylic acids is 1. The fourth-order valence-corrected chi connectivity index (χ4v) is 1.87. The van der Waals surface area contributed by atoms with Crippen molar-refractivity contribution in [3.05, 3.63) is 53.9 Å². The van der Waals surface area contributed by atoms with Crippen LogP contribution >= 0.6 is 0 Å². The first-order chi connectivity index (χ1) is 9.19. The van der Waals surface area contributed by atoms with Gasteiger partial charge in [0.2, 0.25) is 0 Å². The predicted octanol–water partition coefficient (Wildman–Crippen LogP) is 0.753. The summed E-state index contributed by atoms with van der Waals surface area (Å²) in [5, 5.41) is 16.1. The Bertz CT molecular complexity index is 537. The van der Waals surface area contributed by atoms with Gasteiger partial charge >= 0.3 is 0 Å². The van der Waals surface area contributed by atoms with Crippen molar-refractivity contribution in [2.24, 2.45) is 7.05 Å². The number of aliphatic hydroxyl groups excluding tert-OH is 1. The minimum Gasteiger partial charge on any atom is -0.394 e. The van der Waals surface area contributed by atoms with E-state index in [9.17, 15) is 9.90 Å². The fraction of sp³-hybridized carbons (Fsp3) is 0.286. The monoisotopic (exact) mass is 259 g/mol. The average Bonchev–Trinajstić information content (AvgIpc) is 2.86. The van der Waals surface area contributed by atoms with Gasteiger partial charge in [0.25, 0.3) is 5.91 Å². The summed E-state index contributed by atoms with van der Waals surface area (Å²) < 4.78 is 1.57. The quantitative estimate of drug-likeness (QED) is 0.832. The highest BCUT2D eigenvalue weighted by Crippen LogP contribution is 2.04. The van der Waals surface area contributed by atoms with Gasteiger partial charge in [-0.05, 0) is 12.0 Å². The fourth-order valence-electron chi connectivity index (χ4n) is 1.87. The first-order valence-electron chi connectivity index (χ1n) is 6.13. The largest absolute Gasteiger partial charge is 0.394 e. The van der Waals surface area contributed by atoms with Gasteiger partial charge in [-0.15, -0.1) is 0 Å². The number of carbonyl (C=O) groups is 1. The van der Waals surface area contributed by atoms with E-state index in [4.69, 9.17) is 0 Å². The van der Waals surface area contributed by atoms with Gasteiger partial charge in [0.15, 0.2) is 0 Å². The van der Waals surface area contributed by atoms with Crippen molar-refractivity contribution in [3.63, 3.8) is 0 Å². The average molecular weight is 259 g/mol. The Morgan fingerprint density at radius 2 is 2.16 bits per heavy atom. The standard InChI is InChI=1S/C14H17N3O2/c1-17-9-12(8-15-17)14(19)16-13(10-18)7-11-5-3-2-4-6-11/h2-6,8-9,13,18H,7,10H2,1H3,(H,16,19)/t13-/m0/s1. The number of nitrogens with zero attached hydrogens (tertiary/aromatic N) is 2. The molecule has 0 aliphatic rings. The second-order valence-corrected chi connectivity index (χ2v) is 4.45. The van der Waals surface area contributed by atoms with Gasteiger partial charge in [-0.25, -0.2) is 0 Å². The molecule has 5 nitrogen and oxygen atoms in total.